The van der Waals surface area contributed by atoms with Crippen molar-refractivity contribution in [3.05, 3.63) is 58.7 Å². The van der Waals surface area contributed by atoms with Gasteiger partial charge in [0.2, 0.25) is 15.9 Å². The van der Waals surface area contributed by atoms with Gasteiger partial charge in [-0.3, -0.25) is 9.10 Å². The van der Waals surface area contributed by atoms with E-state index in [4.69, 9.17) is 0 Å². The summed E-state index contributed by atoms with van der Waals surface area (Å²) in [6.07, 6.45) is 1.10. The predicted octanol–water partition coefficient (Wildman–Crippen LogP) is 3.32. The highest BCUT2D eigenvalue weighted by molar-refractivity contribution is 7.92. The lowest BCUT2D eigenvalue weighted by Crippen LogP contribution is -2.37. The van der Waals surface area contributed by atoms with Gasteiger partial charge in [-0.25, -0.2) is 8.42 Å². The quantitative estimate of drug-likeness (QED) is 0.889. The molecule has 5 nitrogen and oxygen atoms in total. The highest BCUT2D eigenvalue weighted by Crippen LogP contribution is 2.22. The van der Waals surface area contributed by atoms with Crippen molar-refractivity contribution in [2.24, 2.45) is 0 Å². The third kappa shape index (κ3) is 4.82. The first kappa shape index (κ1) is 19.0. The van der Waals surface area contributed by atoms with Crippen molar-refractivity contribution in [1.29, 1.82) is 0 Å². The van der Waals surface area contributed by atoms with Crippen molar-refractivity contribution in [1.82, 2.24) is 0 Å². The minimum Gasteiger partial charge on any atom is -0.324 e. The zero-order chi connectivity index (χ0) is 18.8. The van der Waals surface area contributed by atoms with E-state index >= 15 is 0 Å². The summed E-state index contributed by atoms with van der Waals surface area (Å²) in [5, 5.41) is 2.80. The summed E-state index contributed by atoms with van der Waals surface area (Å²) in [5.74, 6) is -0.377. The third-order valence-corrected chi connectivity index (χ3v) is 5.27. The zero-order valence-electron chi connectivity index (χ0n) is 15.3. The number of hydrogen-bond acceptors (Lipinski definition) is 3. The summed E-state index contributed by atoms with van der Waals surface area (Å²) < 4.78 is 25.5. The highest BCUT2D eigenvalue weighted by atomic mass is 32.2. The molecule has 0 spiro atoms. The second kappa shape index (κ2) is 7.27. The number of amides is 1. The molecule has 0 fully saturated rings. The van der Waals surface area contributed by atoms with E-state index in [1.807, 2.05) is 52.0 Å². The summed E-state index contributed by atoms with van der Waals surface area (Å²) >= 11 is 0. The smallest absolute Gasteiger partial charge is 0.245 e. The average molecular weight is 360 g/mol. The van der Waals surface area contributed by atoms with E-state index in [2.05, 4.69) is 5.32 Å². The highest BCUT2D eigenvalue weighted by Gasteiger charge is 2.21. The molecule has 1 N–H and O–H groups in total. The number of rotatable bonds is 5. The second-order valence-electron chi connectivity index (χ2n) is 6.40. The van der Waals surface area contributed by atoms with Crippen LogP contribution >= 0.6 is 0 Å². The number of nitrogens with one attached hydrogen (secondary N) is 1. The Bertz CT molecular complexity index is 905. The number of nitrogens with zero attached hydrogens (tertiary/aromatic N) is 1. The standard InChI is InChI=1S/C19H24N2O3S/c1-13-6-7-15(3)18(10-13)20-19(22)12-21(25(5,23)24)17-9-8-14(2)16(4)11-17/h6-11H,12H2,1-5H3,(H,20,22). The molecule has 0 aliphatic rings. The van der Waals surface area contributed by atoms with Crippen LogP contribution in [0.1, 0.15) is 22.3 Å². The van der Waals surface area contributed by atoms with Gasteiger partial charge in [-0.05, 0) is 68.1 Å². The first-order chi connectivity index (χ1) is 11.6. The minimum absolute atomic E-state index is 0.269. The van der Waals surface area contributed by atoms with E-state index < -0.39 is 10.0 Å². The molecule has 25 heavy (non-hydrogen) atoms. The first-order valence-electron chi connectivity index (χ1n) is 8.00. The van der Waals surface area contributed by atoms with Crippen LogP contribution < -0.4 is 9.62 Å². The molecule has 0 atom stereocenters. The van der Waals surface area contributed by atoms with Crippen molar-refractivity contribution >= 4 is 27.3 Å². The van der Waals surface area contributed by atoms with Crippen molar-refractivity contribution < 1.29 is 13.2 Å². The summed E-state index contributed by atoms with van der Waals surface area (Å²) in [6.45, 7) is 7.43. The zero-order valence-corrected chi connectivity index (χ0v) is 16.1. The summed E-state index contributed by atoms with van der Waals surface area (Å²) in [7, 11) is -3.58. The van der Waals surface area contributed by atoms with Crippen LogP contribution in [-0.2, 0) is 14.8 Å². The Hall–Kier alpha value is -2.34. The van der Waals surface area contributed by atoms with E-state index in [1.54, 1.807) is 12.1 Å². The molecule has 0 saturated carbocycles. The van der Waals surface area contributed by atoms with Crippen LogP contribution in [0.5, 0.6) is 0 Å². The molecule has 2 aromatic rings. The number of sulfonamides is 1. The largest absolute Gasteiger partial charge is 0.324 e. The molecule has 2 rings (SSSR count). The van der Waals surface area contributed by atoms with Crippen LogP contribution in [0.25, 0.3) is 0 Å². The second-order valence-corrected chi connectivity index (χ2v) is 8.31. The van der Waals surface area contributed by atoms with Crippen LogP contribution in [0.3, 0.4) is 0 Å². The molecule has 0 bridgehead atoms. The maximum atomic E-state index is 12.4. The monoisotopic (exact) mass is 360 g/mol. The van der Waals surface area contributed by atoms with Gasteiger partial charge in [0.05, 0.1) is 11.9 Å². The molecule has 2 aromatic carbocycles. The number of anilines is 2. The van der Waals surface area contributed by atoms with Gasteiger partial charge in [-0.15, -0.1) is 0 Å². The molecule has 0 aliphatic heterocycles. The van der Waals surface area contributed by atoms with Gasteiger partial charge in [0.1, 0.15) is 6.54 Å². The number of hydrogen-bond donors (Lipinski definition) is 1. The molecular weight excluding hydrogens is 336 g/mol. The molecule has 6 heteroatoms. The van der Waals surface area contributed by atoms with Crippen LogP contribution in [0.2, 0.25) is 0 Å². The number of benzene rings is 2. The molecular formula is C19H24N2O3S. The van der Waals surface area contributed by atoms with Crippen LogP contribution in [0.15, 0.2) is 36.4 Å². The topological polar surface area (TPSA) is 66.5 Å². The number of aryl methyl sites for hydroxylation is 4. The Balaban J connectivity index is 2.27. The lowest BCUT2D eigenvalue weighted by atomic mass is 10.1. The summed E-state index contributed by atoms with van der Waals surface area (Å²) in [4.78, 5) is 12.4. The van der Waals surface area contributed by atoms with E-state index in [0.29, 0.717) is 11.4 Å². The average Bonchev–Trinajstić information content (AvgIpc) is 2.50. The lowest BCUT2D eigenvalue weighted by Gasteiger charge is -2.23. The van der Waals surface area contributed by atoms with Gasteiger partial charge >= 0.3 is 0 Å². The summed E-state index contributed by atoms with van der Waals surface area (Å²) in [6, 6.07) is 11.1. The van der Waals surface area contributed by atoms with Crippen LogP contribution in [0, 0.1) is 27.7 Å². The number of carbonyl (C=O) groups is 1. The van der Waals surface area contributed by atoms with Gasteiger partial charge in [-0.1, -0.05) is 18.2 Å². The van der Waals surface area contributed by atoms with Crippen LogP contribution in [-0.4, -0.2) is 27.1 Å². The SMILES string of the molecule is Cc1ccc(C)c(NC(=O)CN(c2ccc(C)c(C)c2)S(C)(=O)=O)c1. The van der Waals surface area contributed by atoms with Crippen LogP contribution in [0.4, 0.5) is 11.4 Å². The van der Waals surface area contributed by atoms with Crippen molar-refractivity contribution in [3.8, 4) is 0 Å². The molecule has 0 aromatic heterocycles. The van der Waals surface area contributed by atoms with E-state index in [1.165, 1.54) is 0 Å². The van der Waals surface area contributed by atoms with E-state index in [0.717, 1.165) is 32.8 Å². The Labute approximate surface area is 149 Å². The lowest BCUT2D eigenvalue weighted by molar-refractivity contribution is -0.114. The first-order valence-corrected chi connectivity index (χ1v) is 9.85. The molecule has 0 saturated heterocycles. The summed E-state index contributed by atoms with van der Waals surface area (Å²) in [5.41, 5.74) is 5.17. The molecule has 0 radical (unpaired) electrons. The third-order valence-electron chi connectivity index (χ3n) is 4.13. The van der Waals surface area contributed by atoms with E-state index in [9.17, 15) is 13.2 Å². The fraction of sp³-hybridized carbons (Fsp3) is 0.316. The van der Waals surface area contributed by atoms with Crippen molar-refractivity contribution in [3.63, 3.8) is 0 Å². The Kier molecular flexibility index (Phi) is 5.52. The Morgan fingerprint density at radius 2 is 1.60 bits per heavy atom. The number of carbonyl (C=O) groups excluding carboxylic acids is 1. The Morgan fingerprint density at radius 3 is 2.20 bits per heavy atom. The fourth-order valence-electron chi connectivity index (χ4n) is 2.47. The molecule has 1 amide bonds. The van der Waals surface area contributed by atoms with E-state index in [-0.39, 0.29) is 12.5 Å². The maximum Gasteiger partial charge on any atom is 0.245 e. The van der Waals surface area contributed by atoms with Crippen molar-refractivity contribution in [2.75, 3.05) is 22.4 Å². The normalized spacial score (nSPS) is 11.2. The van der Waals surface area contributed by atoms with Gasteiger partial charge in [0.15, 0.2) is 0 Å². The predicted molar refractivity (Wildman–Crippen MR) is 103 cm³/mol. The molecule has 134 valence electrons. The van der Waals surface area contributed by atoms with Gasteiger partial charge in [0.25, 0.3) is 0 Å². The molecule has 0 unspecified atom stereocenters. The van der Waals surface area contributed by atoms with Gasteiger partial charge < -0.3 is 5.32 Å². The maximum absolute atomic E-state index is 12.4. The minimum atomic E-state index is -3.58. The molecule has 0 aliphatic carbocycles. The van der Waals surface area contributed by atoms with Gasteiger partial charge in [-0.2, -0.15) is 0 Å². The fourth-order valence-corrected chi connectivity index (χ4v) is 3.32. The Morgan fingerprint density at radius 1 is 0.960 bits per heavy atom. The van der Waals surface area contributed by atoms with Crippen molar-refractivity contribution in [2.45, 2.75) is 27.7 Å². The molecule has 0 heterocycles. The van der Waals surface area contributed by atoms with Gasteiger partial charge in [0, 0.05) is 5.69 Å².